The van der Waals surface area contributed by atoms with Crippen LogP contribution < -0.4 is 4.74 Å². The van der Waals surface area contributed by atoms with Crippen LogP contribution in [0.25, 0.3) is 0 Å². The molecule has 0 fully saturated rings. The van der Waals surface area contributed by atoms with Gasteiger partial charge in [0, 0.05) is 12.3 Å². The Morgan fingerprint density at radius 1 is 1.50 bits per heavy atom. The fourth-order valence-electron chi connectivity index (χ4n) is 0.875. The summed E-state index contributed by atoms with van der Waals surface area (Å²) in [5.41, 5.74) is 1.05. The first-order chi connectivity index (χ1) is 6.72. The molecule has 4 nitrogen and oxygen atoms in total. The maximum Gasteiger partial charge on any atom is 0.344 e. The lowest BCUT2D eigenvalue weighted by Gasteiger charge is -2.04. The Bertz CT molecular complexity index is 295. The number of carbonyl (C=O) groups excluding carboxylic acids is 1. The molecular formula is C10H13NO3. The predicted molar refractivity (Wildman–Crippen MR) is 51.1 cm³/mol. The summed E-state index contributed by atoms with van der Waals surface area (Å²) in [5, 5.41) is 0. The second kappa shape index (κ2) is 5.21. The Kier molecular flexibility index (Phi) is 3.91. The normalized spacial score (nSPS) is 9.57. The first kappa shape index (κ1) is 10.5. The molecule has 0 saturated carbocycles. The highest BCUT2D eigenvalue weighted by atomic mass is 16.6. The van der Waals surface area contributed by atoms with Crippen LogP contribution in [0.5, 0.6) is 5.88 Å². The van der Waals surface area contributed by atoms with Crippen LogP contribution in [0.3, 0.4) is 0 Å². The summed E-state index contributed by atoms with van der Waals surface area (Å²) >= 11 is 0. The van der Waals surface area contributed by atoms with Crippen molar-refractivity contribution in [2.45, 2.75) is 13.8 Å². The molecule has 1 aromatic rings. The van der Waals surface area contributed by atoms with Crippen LogP contribution >= 0.6 is 0 Å². The SMILES string of the molecule is CCOC(=O)COc1ccc(C)cn1. The summed E-state index contributed by atoms with van der Waals surface area (Å²) in [6, 6.07) is 3.59. The van der Waals surface area contributed by atoms with Crippen molar-refractivity contribution >= 4 is 5.97 Å². The smallest absolute Gasteiger partial charge is 0.344 e. The molecule has 0 aliphatic heterocycles. The average Bonchev–Trinajstić information content (AvgIpc) is 2.17. The number of carbonyl (C=O) groups is 1. The number of hydrogen-bond acceptors (Lipinski definition) is 4. The third kappa shape index (κ3) is 3.43. The third-order valence-corrected chi connectivity index (χ3v) is 1.53. The Hall–Kier alpha value is -1.58. The molecule has 0 radical (unpaired) electrons. The Morgan fingerprint density at radius 3 is 2.86 bits per heavy atom. The van der Waals surface area contributed by atoms with E-state index in [1.54, 1.807) is 19.2 Å². The van der Waals surface area contributed by atoms with Gasteiger partial charge in [0.15, 0.2) is 6.61 Å². The number of aromatic nitrogens is 1. The van der Waals surface area contributed by atoms with E-state index in [1.807, 2.05) is 13.0 Å². The molecule has 14 heavy (non-hydrogen) atoms. The van der Waals surface area contributed by atoms with E-state index in [2.05, 4.69) is 4.98 Å². The van der Waals surface area contributed by atoms with Gasteiger partial charge in [-0.15, -0.1) is 0 Å². The lowest BCUT2D eigenvalue weighted by atomic mass is 10.3. The van der Waals surface area contributed by atoms with Crippen molar-refractivity contribution in [3.63, 3.8) is 0 Å². The molecule has 0 N–H and O–H groups in total. The predicted octanol–water partition coefficient (Wildman–Crippen LogP) is 1.33. The molecule has 0 atom stereocenters. The largest absolute Gasteiger partial charge is 0.466 e. The van der Waals surface area contributed by atoms with Gasteiger partial charge in [-0.3, -0.25) is 0 Å². The summed E-state index contributed by atoms with van der Waals surface area (Å²) in [5.74, 6) is 0.0542. The van der Waals surface area contributed by atoms with E-state index in [1.165, 1.54) is 0 Å². The van der Waals surface area contributed by atoms with E-state index in [0.717, 1.165) is 5.56 Å². The second-order valence-electron chi connectivity index (χ2n) is 2.77. The van der Waals surface area contributed by atoms with E-state index in [4.69, 9.17) is 9.47 Å². The van der Waals surface area contributed by atoms with Gasteiger partial charge in [-0.2, -0.15) is 0 Å². The number of esters is 1. The van der Waals surface area contributed by atoms with E-state index in [0.29, 0.717) is 12.5 Å². The second-order valence-corrected chi connectivity index (χ2v) is 2.77. The highest BCUT2D eigenvalue weighted by Crippen LogP contribution is 2.06. The third-order valence-electron chi connectivity index (χ3n) is 1.53. The minimum Gasteiger partial charge on any atom is -0.466 e. The van der Waals surface area contributed by atoms with Crippen molar-refractivity contribution in [1.29, 1.82) is 0 Å². The molecule has 1 rings (SSSR count). The van der Waals surface area contributed by atoms with Crippen molar-refractivity contribution in [2.75, 3.05) is 13.2 Å². The Balaban J connectivity index is 2.38. The monoisotopic (exact) mass is 195 g/mol. The minimum absolute atomic E-state index is 0.0934. The number of pyridine rings is 1. The van der Waals surface area contributed by atoms with E-state index >= 15 is 0 Å². The van der Waals surface area contributed by atoms with E-state index in [-0.39, 0.29) is 12.6 Å². The van der Waals surface area contributed by atoms with Gasteiger partial charge in [0.25, 0.3) is 0 Å². The van der Waals surface area contributed by atoms with Crippen molar-refractivity contribution < 1.29 is 14.3 Å². The summed E-state index contributed by atoms with van der Waals surface area (Å²) in [6.07, 6.45) is 1.68. The molecular weight excluding hydrogens is 182 g/mol. The van der Waals surface area contributed by atoms with E-state index in [9.17, 15) is 4.79 Å². The van der Waals surface area contributed by atoms with Crippen molar-refractivity contribution in [3.8, 4) is 5.88 Å². The first-order valence-electron chi connectivity index (χ1n) is 4.43. The molecule has 0 aliphatic rings. The molecule has 0 aromatic carbocycles. The molecule has 1 aromatic heterocycles. The van der Waals surface area contributed by atoms with Gasteiger partial charge in [0.05, 0.1) is 6.61 Å². The van der Waals surface area contributed by atoms with Crippen LogP contribution in [0.1, 0.15) is 12.5 Å². The molecule has 0 bridgehead atoms. The summed E-state index contributed by atoms with van der Waals surface area (Å²) in [4.78, 5) is 14.9. The van der Waals surface area contributed by atoms with Crippen molar-refractivity contribution in [3.05, 3.63) is 23.9 Å². The topological polar surface area (TPSA) is 48.4 Å². The zero-order valence-electron chi connectivity index (χ0n) is 8.32. The first-order valence-corrected chi connectivity index (χ1v) is 4.43. The quantitative estimate of drug-likeness (QED) is 0.680. The number of ether oxygens (including phenoxy) is 2. The number of hydrogen-bond donors (Lipinski definition) is 0. The minimum atomic E-state index is -0.380. The van der Waals surface area contributed by atoms with Crippen LogP contribution in [-0.4, -0.2) is 24.2 Å². The number of rotatable bonds is 4. The number of nitrogens with zero attached hydrogens (tertiary/aromatic N) is 1. The molecule has 0 unspecified atom stereocenters. The maximum absolute atomic E-state index is 10.9. The average molecular weight is 195 g/mol. The molecule has 0 spiro atoms. The fraction of sp³-hybridized carbons (Fsp3) is 0.400. The fourth-order valence-corrected chi connectivity index (χ4v) is 0.875. The van der Waals surface area contributed by atoms with Gasteiger partial charge in [0.1, 0.15) is 0 Å². The number of aryl methyl sites for hydroxylation is 1. The summed E-state index contributed by atoms with van der Waals surface area (Å²) in [6.45, 7) is 3.96. The molecule has 0 aliphatic carbocycles. The van der Waals surface area contributed by atoms with Crippen LogP contribution in [0.4, 0.5) is 0 Å². The zero-order chi connectivity index (χ0) is 10.4. The van der Waals surface area contributed by atoms with Gasteiger partial charge in [-0.25, -0.2) is 9.78 Å². The molecule has 1 heterocycles. The molecule has 76 valence electrons. The summed E-state index contributed by atoms with van der Waals surface area (Å²) < 4.78 is 9.79. The van der Waals surface area contributed by atoms with Crippen LogP contribution in [0.2, 0.25) is 0 Å². The van der Waals surface area contributed by atoms with Crippen molar-refractivity contribution in [1.82, 2.24) is 4.98 Å². The summed E-state index contributed by atoms with van der Waals surface area (Å²) in [7, 11) is 0. The van der Waals surface area contributed by atoms with Crippen LogP contribution in [0, 0.1) is 6.92 Å². The Morgan fingerprint density at radius 2 is 2.29 bits per heavy atom. The van der Waals surface area contributed by atoms with Crippen LogP contribution in [-0.2, 0) is 9.53 Å². The standard InChI is InChI=1S/C10H13NO3/c1-3-13-10(12)7-14-9-5-4-8(2)6-11-9/h4-6H,3,7H2,1-2H3. The molecule has 0 saturated heterocycles. The Labute approximate surface area is 82.9 Å². The van der Waals surface area contributed by atoms with Gasteiger partial charge in [-0.1, -0.05) is 6.07 Å². The lowest BCUT2D eigenvalue weighted by molar-refractivity contribution is -0.145. The lowest BCUT2D eigenvalue weighted by Crippen LogP contribution is -2.14. The van der Waals surface area contributed by atoms with E-state index < -0.39 is 0 Å². The maximum atomic E-state index is 10.9. The highest BCUT2D eigenvalue weighted by molar-refractivity contribution is 5.70. The zero-order valence-corrected chi connectivity index (χ0v) is 8.32. The van der Waals surface area contributed by atoms with Gasteiger partial charge < -0.3 is 9.47 Å². The molecule has 4 heteroatoms. The van der Waals surface area contributed by atoms with Gasteiger partial charge in [-0.05, 0) is 19.4 Å². The van der Waals surface area contributed by atoms with Crippen LogP contribution in [0.15, 0.2) is 18.3 Å². The molecule has 0 amide bonds. The highest BCUT2D eigenvalue weighted by Gasteiger charge is 2.02. The van der Waals surface area contributed by atoms with Gasteiger partial charge >= 0.3 is 5.97 Å². The van der Waals surface area contributed by atoms with Gasteiger partial charge in [0.2, 0.25) is 5.88 Å². The van der Waals surface area contributed by atoms with Crippen molar-refractivity contribution in [2.24, 2.45) is 0 Å².